The molecule has 4 heteroatoms. The molecule has 0 aliphatic heterocycles. The zero-order valence-corrected chi connectivity index (χ0v) is 11.0. The number of anilines is 1. The summed E-state index contributed by atoms with van der Waals surface area (Å²) in [5.41, 5.74) is 1.15. The van der Waals surface area contributed by atoms with Crippen LogP contribution >= 0.6 is 11.6 Å². The summed E-state index contributed by atoms with van der Waals surface area (Å²) in [6.45, 7) is 6.09. The molecule has 0 amide bonds. The second-order valence-corrected chi connectivity index (χ2v) is 4.37. The first-order valence-corrected chi connectivity index (χ1v) is 6.25. The Morgan fingerprint density at radius 3 is 2.29 bits per heavy atom. The second kappa shape index (κ2) is 6.50. The Hall–Kier alpha value is -1.22. The van der Waals surface area contributed by atoms with Gasteiger partial charge in [-0.1, -0.05) is 25.4 Å². The van der Waals surface area contributed by atoms with Crippen LogP contribution in [0.25, 0.3) is 0 Å². The third-order valence-corrected chi connectivity index (χ3v) is 2.83. The van der Waals surface area contributed by atoms with Crippen molar-refractivity contribution in [3.63, 3.8) is 0 Å². The molecule has 0 aliphatic carbocycles. The maximum atomic E-state index is 10.8. The van der Waals surface area contributed by atoms with Crippen molar-refractivity contribution in [3.8, 4) is 0 Å². The highest BCUT2D eigenvalue weighted by molar-refractivity contribution is 6.33. The number of hydrogen-bond acceptors (Lipinski definition) is 2. The van der Waals surface area contributed by atoms with Crippen molar-refractivity contribution in [3.05, 3.63) is 28.8 Å². The Morgan fingerprint density at radius 2 is 1.88 bits per heavy atom. The monoisotopic (exact) mass is 255 g/mol. The van der Waals surface area contributed by atoms with Gasteiger partial charge < -0.3 is 10.0 Å². The fourth-order valence-corrected chi connectivity index (χ4v) is 2.09. The van der Waals surface area contributed by atoms with Gasteiger partial charge in [-0.25, -0.2) is 4.79 Å². The normalized spacial score (nSPS) is 10.3. The van der Waals surface area contributed by atoms with Gasteiger partial charge in [0.2, 0.25) is 0 Å². The van der Waals surface area contributed by atoms with Crippen LogP contribution in [0.4, 0.5) is 5.69 Å². The minimum atomic E-state index is -0.948. The summed E-state index contributed by atoms with van der Waals surface area (Å²) >= 11 is 6.13. The van der Waals surface area contributed by atoms with Gasteiger partial charge in [0.05, 0.1) is 16.3 Å². The Morgan fingerprint density at radius 1 is 1.29 bits per heavy atom. The first-order chi connectivity index (χ1) is 8.10. The molecule has 0 aromatic heterocycles. The molecule has 0 saturated heterocycles. The lowest BCUT2D eigenvalue weighted by atomic mass is 10.2. The first kappa shape index (κ1) is 13.8. The summed E-state index contributed by atoms with van der Waals surface area (Å²) in [7, 11) is 0. The summed E-state index contributed by atoms with van der Waals surface area (Å²) in [6, 6.07) is 4.90. The molecule has 0 spiro atoms. The molecule has 1 aromatic carbocycles. The van der Waals surface area contributed by atoms with E-state index in [2.05, 4.69) is 18.7 Å². The first-order valence-electron chi connectivity index (χ1n) is 5.88. The van der Waals surface area contributed by atoms with Crippen molar-refractivity contribution in [1.29, 1.82) is 0 Å². The van der Waals surface area contributed by atoms with Gasteiger partial charge in [-0.15, -0.1) is 0 Å². The van der Waals surface area contributed by atoms with Gasteiger partial charge in [0.25, 0.3) is 0 Å². The van der Waals surface area contributed by atoms with Crippen molar-refractivity contribution in [2.24, 2.45) is 0 Å². The fourth-order valence-electron chi connectivity index (χ4n) is 1.79. The van der Waals surface area contributed by atoms with Crippen LogP contribution in [0.1, 0.15) is 37.0 Å². The molecule has 0 saturated carbocycles. The molecule has 0 heterocycles. The molecule has 0 aliphatic rings. The predicted octanol–water partition coefficient (Wildman–Crippen LogP) is 3.66. The topological polar surface area (TPSA) is 40.5 Å². The Bertz CT molecular complexity index is 387. The molecule has 0 bridgehead atoms. The Balaban J connectivity index is 2.99. The molecule has 1 N–H and O–H groups in total. The third-order valence-electron chi connectivity index (χ3n) is 2.52. The lowest BCUT2D eigenvalue weighted by Gasteiger charge is -2.24. The van der Waals surface area contributed by atoms with Crippen LogP contribution in [-0.2, 0) is 0 Å². The molecule has 1 rings (SSSR count). The van der Waals surface area contributed by atoms with E-state index in [-0.39, 0.29) is 5.56 Å². The van der Waals surface area contributed by atoms with Crippen LogP contribution in [0.3, 0.4) is 0 Å². The highest BCUT2D eigenvalue weighted by Crippen LogP contribution is 2.27. The quantitative estimate of drug-likeness (QED) is 0.843. The van der Waals surface area contributed by atoms with E-state index >= 15 is 0 Å². The summed E-state index contributed by atoms with van der Waals surface area (Å²) in [5.74, 6) is -0.948. The van der Waals surface area contributed by atoms with Crippen molar-refractivity contribution >= 4 is 23.3 Å². The van der Waals surface area contributed by atoms with Gasteiger partial charge in [0, 0.05) is 13.1 Å². The van der Waals surface area contributed by atoms with E-state index in [1.165, 1.54) is 6.07 Å². The highest BCUT2D eigenvalue weighted by atomic mass is 35.5. The van der Waals surface area contributed by atoms with Crippen LogP contribution in [0.5, 0.6) is 0 Å². The standard InChI is InChI=1S/C13H18ClNO2/c1-3-7-15(8-4-2)12-6-5-10(13(16)17)9-11(12)14/h5-6,9H,3-4,7-8H2,1-2H3,(H,16,17). The van der Waals surface area contributed by atoms with E-state index in [0.29, 0.717) is 5.02 Å². The van der Waals surface area contributed by atoms with Gasteiger partial charge in [-0.2, -0.15) is 0 Å². The smallest absolute Gasteiger partial charge is 0.335 e. The predicted molar refractivity (Wildman–Crippen MR) is 71.2 cm³/mol. The van der Waals surface area contributed by atoms with Crippen molar-refractivity contribution in [1.82, 2.24) is 0 Å². The number of hydrogen-bond donors (Lipinski definition) is 1. The largest absolute Gasteiger partial charge is 0.478 e. The number of aromatic carboxylic acids is 1. The van der Waals surface area contributed by atoms with Gasteiger partial charge in [0.15, 0.2) is 0 Å². The number of carbonyl (C=O) groups is 1. The Kier molecular flexibility index (Phi) is 5.29. The number of carboxylic acids is 1. The molecular formula is C13H18ClNO2. The molecule has 94 valence electrons. The van der Waals surface area contributed by atoms with Crippen molar-refractivity contribution in [2.45, 2.75) is 26.7 Å². The van der Waals surface area contributed by atoms with Gasteiger partial charge >= 0.3 is 5.97 Å². The van der Waals surface area contributed by atoms with Gasteiger partial charge in [-0.3, -0.25) is 0 Å². The van der Waals surface area contributed by atoms with Crippen molar-refractivity contribution < 1.29 is 9.90 Å². The number of benzene rings is 1. The van der Waals surface area contributed by atoms with Crippen LogP contribution in [0.15, 0.2) is 18.2 Å². The average molecular weight is 256 g/mol. The second-order valence-electron chi connectivity index (χ2n) is 3.96. The summed E-state index contributed by atoms with van der Waals surface area (Å²) in [6.07, 6.45) is 2.08. The summed E-state index contributed by atoms with van der Waals surface area (Å²) in [5, 5.41) is 9.38. The van der Waals surface area contributed by atoms with Crippen LogP contribution < -0.4 is 4.90 Å². The average Bonchev–Trinajstić information content (AvgIpc) is 2.28. The van der Waals surface area contributed by atoms with Crippen LogP contribution in [0.2, 0.25) is 5.02 Å². The molecule has 1 aromatic rings. The molecule has 17 heavy (non-hydrogen) atoms. The summed E-state index contributed by atoms with van der Waals surface area (Å²) in [4.78, 5) is 13.0. The van der Waals surface area contributed by atoms with E-state index < -0.39 is 5.97 Å². The van der Waals surface area contributed by atoms with E-state index in [0.717, 1.165) is 31.6 Å². The van der Waals surface area contributed by atoms with E-state index in [1.807, 2.05) is 0 Å². The lowest BCUT2D eigenvalue weighted by molar-refractivity contribution is 0.0697. The summed E-state index contributed by atoms with van der Waals surface area (Å²) < 4.78 is 0. The number of carboxylic acid groups (broad SMARTS) is 1. The molecular weight excluding hydrogens is 238 g/mol. The SMILES string of the molecule is CCCN(CCC)c1ccc(C(=O)O)cc1Cl. The maximum absolute atomic E-state index is 10.8. The number of nitrogens with zero attached hydrogens (tertiary/aromatic N) is 1. The third kappa shape index (κ3) is 3.63. The zero-order chi connectivity index (χ0) is 12.8. The molecule has 0 fully saturated rings. The van der Waals surface area contributed by atoms with E-state index in [9.17, 15) is 4.79 Å². The Labute approximate surface area is 107 Å². The molecule has 0 unspecified atom stereocenters. The molecule has 3 nitrogen and oxygen atoms in total. The van der Waals surface area contributed by atoms with Gasteiger partial charge in [0.1, 0.15) is 0 Å². The van der Waals surface area contributed by atoms with Crippen molar-refractivity contribution in [2.75, 3.05) is 18.0 Å². The maximum Gasteiger partial charge on any atom is 0.335 e. The number of halogens is 1. The highest BCUT2D eigenvalue weighted by Gasteiger charge is 2.11. The molecule has 0 radical (unpaired) electrons. The number of rotatable bonds is 6. The zero-order valence-electron chi connectivity index (χ0n) is 10.2. The fraction of sp³-hybridized carbons (Fsp3) is 0.462. The van der Waals surface area contributed by atoms with Gasteiger partial charge in [-0.05, 0) is 31.0 Å². The van der Waals surface area contributed by atoms with E-state index in [1.54, 1.807) is 12.1 Å². The lowest BCUT2D eigenvalue weighted by Crippen LogP contribution is -2.25. The minimum absolute atomic E-state index is 0.228. The van der Waals surface area contributed by atoms with Crippen LogP contribution in [0, 0.1) is 0 Å². The minimum Gasteiger partial charge on any atom is -0.478 e. The van der Waals surface area contributed by atoms with Crippen LogP contribution in [-0.4, -0.2) is 24.2 Å². The van der Waals surface area contributed by atoms with E-state index in [4.69, 9.17) is 16.7 Å². The molecule has 0 atom stereocenters.